The number of benzene rings is 1. The minimum absolute atomic E-state index is 0.0716. The van der Waals surface area contributed by atoms with Gasteiger partial charge in [-0.25, -0.2) is 0 Å². The number of aliphatic hydroxyl groups is 1. The fraction of sp³-hybridized carbons (Fsp3) is 0.600. The van der Waals surface area contributed by atoms with Crippen LogP contribution < -0.4 is 5.32 Å². The Hall–Kier alpha value is -1.88. The molecule has 0 saturated carbocycles. The topological polar surface area (TPSA) is 60.2 Å². The van der Waals surface area contributed by atoms with Crippen LogP contribution in [0.1, 0.15) is 46.6 Å². The van der Waals surface area contributed by atoms with Crippen molar-refractivity contribution in [2.75, 3.05) is 18.9 Å². The molecule has 1 aromatic rings. The molecule has 140 valence electrons. The monoisotopic (exact) mass is 346 g/mol. The van der Waals surface area contributed by atoms with Crippen molar-refractivity contribution in [1.29, 1.82) is 0 Å². The maximum atomic E-state index is 9.15. The lowest BCUT2D eigenvalue weighted by Crippen LogP contribution is -2.26. The van der Waals surface area contributed by atoms with Gasteiger partial charge in [0.15, 0.2) is 0 Å². The molecule has 1 unspecified atom stereocenters. The van der Waals surface area contributed by atoms with Crippen molar-refractivity contribution >= 4 is 5.69 Å². The van der Waals surface area contributed by atoms with E-state index in [-0.39, 0.29) is 18.7 Å². The van der Waals surface area contributed by atoms with Gasteiger partial charge in [-0.2, -0.15) is 5.11 Å². The van der Waals surface area contributed by atoms with E-state index >= 15 is 0 Å². The Morgan fingerprint density at radius 2 is 1.88 bits per heavy atom. The second kappa shape index (κ2) is 10.9. The summed E-state index contributed by atoms with van der Waals surface area (Å²) in [5.74, 6) is 0.499. The fourth-order valence-corrected chi connectivity index (χ4v) is 2.19. The molecule has 0 aliphatic heterocycles. The highest BCUT2D eigenvalue weighted by Crippen LogP contribution is 2.17. The lowest BCUT2D eigenvalue weighted by molar-refractivity contribution is 0.282. The lowest BCUT2D eigenvalue weighted by Gasteiger charge is -2.23. The predicted octanol–water partition coefficient (Wildman–Crippen LogP) is 4.66. The van der Waals surface area contributed by atoms with Crippen molar-refractivity contribution in [1.82, 2.24) is 5.01 Å². The first-order valence-corrected chi connectivity index (χ1v) is 9.08. The van der Waals surface area contributed by atoms with E-state index < -0.39 is 0 Å². The summed E-state index contributed by atoms with van der Waals surface area (Å²) in [6, 6.07) is 8.38. The third-order valence-electron chi connectivity index (χ3n) is 4.58. The Bertz CT molecular complexity index is 551. The zero-order valence-corrected chi connectivity index (χ0v) is 16.5. The van der Waals surface area contributed by atoms with Crippen LogP contribution in [-0.2, 0) is 6.61 Å². The lowest BCUT2D eigenvalue weighted by atomic mass is 10.0. The Labute approximate surface area is 152 Å². The van der Waals surface area contributed by atoms with Gasteiger partial charge in [0.1, 0.15) is 0 Å². The quantitative estimate of drug-likeness (QED) is 0.368. The molecule has 0 heterocycles. The molecule has 5 heteroatoms. The summed E-state index contributed by atoms with van der Waals surface area (Å²) in [6.07, 6.45) is 3.08. The Morgan fingerprint density at radius 3 is 2.40 bits per heavy atom. The molecule has 0 bridgehead atoms. The van der Waals surface area contributed by atoms with Gasteiger partial charge < -0.3 is 10.4 Å². The van der Waals surface area contributed by atoms with Gasteiger partial charge in [-0.05, 0) is 50.8 Å². The molecule has 1 aromatic carbocycles. The molecule has 0 radical (unpaired) electrons. The molecule has 0 fully saturated rings. The minimum Gasteiger partial charge on any atom is -0.392 e. The van der Waals surface area contributed by atoms with Gasteiger partial charge in [0.05, 0.1) is 12.6 Å². The Balaban J connectivity index is 2.64. The van der Waals surface area contributed by atoms with Gasteiger partial charge in [-0.3, -0.25) is 5.01 Å². The van der Waals surface area contributed by atoms with Gasteiger partial charge in [0, 0.05) is 25.3 Å². The number of aliphatic hydroxyl groups excluding tert-OH is 1. The van der Waals surface area contributed by atoms with E-state index in [0.717, 1.165) is 24.2 Å². The molecule has 0 aliphatic rings. The van der Waals surface area contributed by atoms with Crippen molar-refractivity contribution in [2.24, 2.45) is 16.3 Å². The summed E-state index contributed by atoms with van der Waals surface area (Å²) in [6.45, 7) is 11.5. The van der Waals surface area contributed by atoms with Crippen LogP contribution in [0.2, 0.25) is 0 Å². The first-order chi connectivity index (χ1) is 11.9. The minimum atomic E-state index is 0.0716. The first-order valence-electron chi connectivity index (χ1n) is 9.08. The van der Waals surface area contributed by atoms with Crippen LogP contribution in [0.15, 0.2) is 46.3 Å². The van der Waals surface area contributed by atoms with Crippen molar-refractivity contribution in [2.45, 2.75) is 59.7 Å². The highest BCUT2D eigenvalue weighted by atomic mass is 16.3. The molecule has 25 heavy (non-hydrogen) atoms. The zero-order valence-electron chi connectivity index (χ0n) is 16.5. The zero-order chi connectivity index (χ0) is 18.8. The second-order valence-corrected chi connectivity index (χ2v) is 6.94. The largest absolute Gasteiger partial charge is 0.392 e. The molecule has 1 rings (SSSR count). The molecule has 2 N–H and O–H groups in total. The van der Waals surface area contributed by atoms with Crippen molar-refractivity contribution in [3.05, 3.63) is 41.5 Å². The van der Waals surface area contributed by atoms with Crippen LogP contribution in [0.3, 0.4) is 0 Å². The Kier molecular flexibility index (Phi) is 9.21. The third kappa shape index (κ3) is 7.69. The summed E-state index contributed by atoms with van der Waals surface area (Å²) in [7, 11) is 1.97. The average Bonchev–Trinajstić information content (AvgIpc) is 2.62. The van der Waals surface area contributed by atoms with E-state index in [1.54, 1.807) is 0 Å². The summed E-state index contributed by atoms with van der Waals surface area (Å²) in [4.78, 5) is 0. The number of nitrogens with zero attached hydrogens (tertiary/aromatic N) is 3. The van der Waals surface area contributed by atoms with Crippen LogP contribution >= 0.6 is 0 Å². The predicted molar refractivity (Wildman–Crippen MR) is 106 cm³/mol. The summed E-state index contributed by atoms with van der Waals surface area (Å²) in [5.41, 5.74) is 3.28. The summed E-state index contributed by atoms with van der Waals surface area (Å²) < 4.78 is 0. The van der Waals surface area contributed by atoms with E-state index in [1.165, 1.54) is 5.57 Å². The van der Waals surface area contributed by atoms with Crippen molar-refractivity contribution in [3.63, 3.8) is 0 Å². The standard InChI is InChI=1S/C20H34N4O/c1-7-16(4)20(21-19-10-8-18(14-25)9-11-19)12-13-24(6)23-22-17(5)15(2)3/h7-11,15,17,20-21,25H,12-14H2,1-6H3/b16-7+,23-22?/t17-,20?/m1/s1. The van der Waals surface area contributed by atoms with Gasteiger partial charge in [0.25, 0.3) is 0 Å². The normalized spacial score (nSPS) is 14.8. The number of anilines is 1. The number of hydrogen-bond acceptors (Lipinski definition) is 4. The highest BCUT2D eigenvalue weighted by molar-refractivity contribution is 5.47. The van der Waals surface area contributed by atoms with E-state index in [4.69, 9.17) is 5.11 Å². The molecular formula is C20H34N4O. The van der Waals surface area contributed by atoms with Crippen molar-refractivity contribution < 1.29 is 5.11 Å². The Morgan fingerprint density at radius 1 is 1.24 bits per heavy atom. The third-order valence-corrected chi connectivity index (χ3v) is 4.58. The van der Waals surface area contributed by atoms with E-state index in [2.05, 4.69) is 56.3 Å². The van der Waals surface area contributed by atoms with Crippen LogP contribution in [0.5, 0.6) is 0 Å². The molecule has 2 atom stereocenters. The van der Waals surface area contributed by atoms with Crippen LogP contribution in [-0.4, -0.2) is 35.8 Å². The second-order valence-electron chi connectivity index (χ2n) is 6.94. The first kappa shape index (κ1) is 21.2. The van der Waals surface area contributed by atoms with E-state index in [0.29, 0.717) is 5.92 Å². The fourth-order valence-electron chi connectivity index (χ4n) is 2.19. The maximum absolute atomic E-state index is 9.15. The SMILES string of the molecule is C/C=C(\C)C(CCN(C)N=N[C@H](C)C(C)C)Nc1ccc(CO)cc1. The van der Waals surface area contributed by atoms with E-state index in [1.807, 2.05) is 36.3 Å². The number of hydrogen-bond donors (Lipinski definition) is 2. The molecular weight excluding hydrogens is 312 g/mol. The average molecular weight is 347 g/mol. The van der Waals surface area contributed by atoms with Crippen LogP contribution in [0, 0.1) is 5.92 Å². The van der Waals surface area contributed by atoms with Crippen molar-refractivity contribution in [3.8, 4) is 0 Å². The summed E-state index contributed by atoms with van der Waals surface area (Å²) >= 11 is 0. The molecule has 0 amide bonds. The molecule has 0 saturated heterocycles. The molecule has 0 spiro atoms. The van der Waals surface area contributed by atoms with Gasteiger partial charge in [-0.1, -0.05) is 42.9 Å². The van der Waals surface area contributed by atoms with Gasteiger partial charge in [0.2, 0.25) is 0 Å². The number of rotatable bonds is 10. The van der Waals surface area contributed by atoms with Crippen LogP contribution in [0.4, 0.5) is 5.69 Å². The smallest absolute Gasteiger partial charge is 0.0724 e. The van der Waals surface area contributed by atoms with Crippen LogP contribution in [0.25, 0.3) is 0 Å². The maximum Gasteiger partial charge on any atom is 0.0724 e. The number of nitrogens with one attached hydrogen (secondary N) is 1. The highest BCUT2D eigenvalue weighted by Gasteiger charge is 2.12. The van der Waals surface area contributed by atoms with Gasteiger partial charge in [-0.15, -0.1) is 0 Å². The molecule has 0 aliphatic carbocycles. The van der Waals surface area contributed by atoms with E-state index in [9.17, 15) is 0 Å². The molecule has 0 aromatic heterocycles. The van der Waals surface area contributed by atoms with Gasteiger partial charge >= 0.3 is 0 Å². The number of allylic oxidation sites excluding steroid dienone is 1. The molecule has 5 nitrogen and oxygen atoms in total. The summed E-state index contributed by atoms with van der Waals surface area (Å²) in [5, 5.41) is 23.3.